The van der Waals surface area contributed by atoms with Crippen molar-refractivity contribution in [3.8, 4) is 17.2 Å². The first kappa shape index (κ1) is 25.3. The van der Waals surface area contributed by atoms with Crippen molar-refractivity contribution in [2.75, 3.05) is 6.54 Å². The molecule has 0 aliphatic rings. The summed E-state index contributed by atoms with van der Waals surface area (Å²) in [5, 5.41) is 9.58. The number of phenols is 1. The van der Waals surface area contributed by atoms with Gasteiger partial charge in [0, 0.05) is 18.0 Å². The maximum Gasteiger partial charge on any atom is 0.119 e. The number of phenolic OH excluding ortho intramolecular Hbond substituents is 1. The van der Waals surface area contributed by atoms with Crippen LogP contribution in [0.4, 0.5) is 0 Å². The molecule has 1 unspecified atom stereocenters. The largest absolute Gasteiger partial charge is 0.508 e. The maximum atomic E-state index is 9.58. The number of ether oxygens (including phenoxy) is 2. The van der Waals surface area contributed by atoms with E-state index in [2.05, 4.69) is 38.1 Å². The van der Waals surface area contributed by atoms with Gasteiger partial charge < -0.3 is 26.0 Å². The van der Waals surface area contributed by atoms with Gasteiger partial charge in [-0.25, -0.2) is 0 Å². The lowest BCUT2D eigenvalue weighted by molar-refractivity contribution is 0.299. The molecule has 0 aliphatic heterocycles. The molecule has 5 heteroatoms. The van der Waals surface area contributed by atoms with Crippen molar-refractivity contribution in [2.45, 2.75) is 38.5 Å². The molecule has 4 aromatic rings. The lowest BCUT2D eigenvalue weighted by Gasteiger charge is -2.26. The first-order chi connectivity index (χ1) is 17.3. The van der Waals surface area contributed by atoms with Gasteiger partial charge in [0.2, 0.25) is 0 Å². The van der Waals surface area contributed by atoms with E-state index in [0.717, 1.165) is 33.8 Å². The average molecular weight is 483 g/mol. The highest BCUT2D eigenvalue weighted by Crippen LogP contribution is 2.33. The van der Waals surface area contributed by atoms with Crippen LogP contribution < -0.4 is 20.9 Å². The third-order valence-corrected chi connectivity index (χ3v) is 6.53. The molecule has 1 atom stereocenters. The van der Waals surface area contributed by atoms with Gasteiger partial charge in [0.05, 0.1) is 0 Å². The van der Waals surface area contributed by atoms with E-state index in [-0.39, 0.29) is 17.2 Å². The normalized spacial score (nSPS) is 12.2. The van der Waals surface area contributed by atoms with Crippen LogP contribution in [-0.4, -0.2) is 11.7 Å². The molecular weight excluding hydrogens is 448 g/mol. The Morgan fingerprint density at radius 2 is 1.19 bits per heavy atom. The van der Waals surface area contributed by atoms with Crippen LogP contribution >= 0.6 is 0 Å². The van der Waals surface area contributed by atoms with Crippen LogP contribution in [0.15, 0.2) is 97.1 Å². The second-order valence-corrected chi connectivity index (χ2v) is 9.50. The van der Waals surface area contributed by atoms with Gasteiger partial charge in [-0.15, -0.1) is 0 Å². The minimum absolute atomic E-state index is 0.155. The number of benzene rings is 4. The fraction of sp³-hybridized carbons (Fsp3) is 0.226. The molecule has 0 saturated carbocycles. The molecule has 5 N–H and O–H groups in total. The van der Waals surface area contributed by atoms with Crippen LogP contribution in [0, 0.1) is 0 Å². The molecule has 0 bridgehead atoms. The minimum Gasteiger partial charge on any atom is -0.508 e. The summed E-state index contributed by atoms with van der Waals surface area (Å²) >= 11 is 0. The van der Waals surface area contributed by atoms with E-state index >= 15 is 0 Å². The summed E-state index contributed by atoms with van der Waals surface area (Å²) in [6.45, 7) is 5.70. The van der Waals surface area contributed by atoms with Gasteiger partial charge in [-0.2, -0.15) is 0 Å². The predicted octanol–water partition coefficient (Wildman–Crippen LogP) is 5.83. The molecule has 5 nitrogen and oxygen atoms in total. The molecule has 0 heterocycles. The number of aromatic hydroxyl groups is 1. The molecular formula is C31H34N2O3. The van der Waals surface area contributed by atoms with Crippen LogP contribution in [0.25, 0.3) is 0 Å². The Morgan fingerprint density at radius 1 is 0.722 bits per heavy atom. The summed E-state index contributed by atoms with van der Waals surface area (Å²) in [6.07, 6.45) is 0. The smallest absolute Gasteiger partial charge is 0.119 e. The van der Waals surface area contributed by atoms with E-state index in [1.165, 1.54) is 5.56 Å². The first-order valence-electron chi connectivity index (χ1n) is 12.1. The molecule has 0 saturated heterocycles. The maximum absolute atomic E-state index is 9.58. The summed E-state index contributed by atoms with van der Waals surface area (Å²) in [5.41, 5.74) is 16.9. The highest BCUT2D eigenvalue weighted by molar-refractivity contribution is 5.41. The van der Waals surface area contributed by atoms with Crippen molar-refractivity contribution in [3.63, 3.8) is 0 Å². The molecule has 0 radical (unpaired) electrons. The fourth-order valence-electron chi connectivity index (χ4n) is 4.10. The molecule has 36 heavy (non-hydrogen) atoms. The molecule has 0 spiro atoms. The Hall–Kier alpha value is -3.80. The van der Waals surface area contributed by atoms with Crippen molar-refractivity contribution in [1.82, 2.24) is 0 Å². The Bertz CT molecular complexity index is 1250. The van der Waals surface area contributed by atoms with Crippen LogP contribution in [0.1, 0.15) is 47.7 Å². The number of hydrogen-bond acceptors (Lipinski definition) is 5. The quantitative estimate of drug-likeness (QED) is 0.264. The van der Waals surface area contributed by atoms with E-state index in [9.17, 15) is 5.11 Å². The number of nitrogens with two attached hydrogens (primary N) is 2. The van der Waals surface area contributed by atoms with Crippen LogP contribution in [-0.2, 0) is 18.6 Å². The average Bonchev–Trinajstić information content (AvgIpc) is 2.91. The van der Waals surface area contributed by atoms with E-state index in [1.54, 1.807) is 12.1 Å². The summed E-state index contributed by atoms with van der Waals surface area (Å²) in [5.74, 6) is 1.88. The van der Waals surface area contributed by atoms with Gasteiger partial charge in [-0.3, -0.25) is 0 Å². The van der Waals surface area contributed by atoms with Crippen molar-refractivity contribution in [1.29, 1.82) is 0 Å². The molecule has 186 valence electrons. The predicted molar refractivity (Wildman–Crippen MR) is 144 cm³/mol. The SMILES string of the molecule is CC(C)(c1ccc(O)cc1)c1ccc(OCc2cccc(COc3ccc(C(N)CN)cc3)c2)cc1. The lowest BCUT2D eigenvalue weighted by atomic mass is 9.78. The van der Waals surface area contributed by atoms with E-state index < -0.39 is 0 Å². The Morgan fingerprint density at radius 3 is 1.69 bits per heavy atom. The van der Waals surface area contributed by atoms with Crippen molar-refractivity contribution in [3.05, 3.63) is 125 Å². The van der Waals surface area contributed by atoms with Gasteiger partial charge >= 0.3 is 0 Å². The van der Waals surface area contributed by atoms with Crippen molar-refractivity contribution in [2.24, 2.45) is 11.5 Å². The fourth-order valence-corrected chi connectivity index (χ4v) is 4.10. The van der Waals surface area contributed by atoms with Crippen molar-refractivity contribution < 1.29 is 14.6 Å². The zero-order chi connectivity index (χ0) is 25.5. The Kier molecular flexibility index (Phi) is 7.93. The molecule has 0 aromatic heterocycles. The standard InChI is InChI=1S/C31H34N2O3/c1-31(2,25-8-12-27(34)13-9-25)26-10-16-29(17-11-26)36-21-23-5-3-4-22(18-23)20-35-28-14-6-24(7-15-28)30(33)19-32/h3-18,30,34H,19-21,32-33H2,1-2H3. The van der Waals surface area contributed by atoms with Gasteiger partial charge in [-0.05, 0) is 70.3 Å². The monoisotopic (exact) mass is 482 g/mol. The first-order valence-corrected chi connectivity index (χ1v) is 12.1. The third kappa shape index (κ3) is 6.25. The molecule has 0 aliphatic carbocycles. The summed E-state index contributed by atoms with van der Waals surface area (Å²) in [6, 6.07) is 31.4. The molecule has 0 amide bonds. The highest BCUT2D eigenvalue weighted by Gasteiger charge is 2.23. The number of hydrogen-bond donors (Lipinski definition) is 3. The molecule has 4 rings (SSSR count). The van der Waals surface area contributed by atoms with Crippen LogP contribution in [0.2, 0.25) is 0 Å². The third-order valence-electron chi connectivity index (χ3n) is 6.53. The zero-order valence-corrected chi connectivity index (χ0v) is 20.9. The van der Waals surface area contributed by atoms with Crippen LogP contribution in [0.3, 0.4) is 0 Å². The van der Waals surface area contributed by atoms with Crippen LogP contribution in [0.5, 0.6) is 17.2 Å². The van der Waals surface area contributed by atoms with E-state index in [4.69, 9.17) is 20.9 Å². The van der Waals surface area contributed by atoms with E-state index in [1.807, 2.05) is 60.7 Å². The van der Waals surface area contributed by atoms with Gasteiger partial charge in [-0.1, -0.05) is 68.4 Å². The number of rotatable bonds is 10. The second-order valence-electron chi connectivity index (χ2n) is 9.50. The topological polar surface area (TPSA) is 90.7 Å². The highest BCUT2D eigenvalue weighted by atomic mass is 16.5. The molecule has 4 aromatic carbocycles. The van der Waals surface area contributed by atoms with Crippen molar-refractivity contribution >= 4 is 0 Å². The van der Waals surface area contributed by atoms with Gasteiger partial charge in [0.25, 0.3) is 0 Å². The minimum atomic E-state index is -0.183. The summed E-state index contributed by atoms with van der Waals surface area (Å²) in [7, 11) is 0. The molecule has 0 fully saturated rings. The second kappa shape index (κ2) is 11.3. The Labute approximate surface area is 213 Å². The van der Waals surface area contributed by atoms with Gasteiger partial charge in [0.1, 0.15) is 30.5 Å². The van der Waals surface area contributed by atoms with Gasteiger partial charge in [0.15, 0.2) is 0 Å². The zero-order valence-electron chi connectivity index (χ0n) is 20.9. The lowest BCUT2D eigenvalue weighted by Crippen LogP contribution is -2.20. The summed E-state index contributed by atoms with van der Waals surface area (Å²) < 4.78 is 12.0. The Balaban J connectivity index is 1.33. The summed E-state index contributed by atoms with van der Waals surface area (Å²) in [4.78, 5) is 0. The van der Waals surface area contributed by atoms with E-state index in [0.29, 0.717) is 19.8 Å².